The van der Waals surface area contributed by atoms with Gasteiger partial charge in [-0.25, -0.2) is 9.78 Å². The van der Waals surface area contributed by atoms with Crippen molar-refractivity contribution in [3.05, 3.63) is 53.6 Å². The average Bonchev–Trinajstić information content (AvgIpc) is 3.08. The first kappa shape index (κ1) is 18.8. The minimum absolute atomic E-state index is 0.0802. The normalized spacial score (nSPS) is 11.8. The molecule has 0 unspecified atom stereocenters. The zero-order valence-electron chi connectivity index (χ0n) is 15.3. The van der Waals surface area contributed by atoms with Gasteiger partial charge in [-0.15, -0.1) is 0 Å². The third-order valence-corrected chi connectivity index (χ3v) is 4.97. The predicted molar refractivity (Wildman–Crippen MR) is 106 cm³/mol. The van der Waals surface area contributed by atoms with Crippen LogP contribution in [0.5, 0.6) is 5.75 Å². The van der Waals surface area contributed by atoms with Crippen LogP contribution in [0.15, 0.2) is 42.5 Å². The third-order valence-electron chi connectivity index (χ3n) is 4.04. The van der Waals surface area contributed by atoms with Gasteiger partial charge in [0.25, 0.3) is 5.91 Å². The van der Waals surface area contributed by atoms with E-state index in [0.29, 0.717) is 27.5 Å². The molecular formula is C20H20N2O4S. The Bertz CT molecular complexity index is 983. The molecule has 27 heavy (non-hydrogen) atoms. The number of aromatic nitrogens is 1. The predicted octanol–water partition coefficient (Wildman–Crippen LogP) is 4.51. The Kier molecular flexibility index (Phi) is 5.71. The first-order valence-corrected chi connectivity index (χ1v) is 9.38. The molecule has 3 aromatic rings. The summed E-state index contributed by atoms with van der Waals surface area (Å²) < 4.78 is 11.3. The molecule has 0 fully saturated rings. The topological polar surface area (TPSA) is 77.5 Å². The van der Waals surface area contributed by atoms with Crippen LogP contribution in [0.4, 0.5) is 5.13 Å². The number of carbonyl (C=O) groups is 2. The molecule has 6 nitrogen and oxygen atoms in total. The lowest BCUT2D eigenvalue weighted by Crippen LogP contribution is -2.13. The van der Waals surface area contributed by atoms with Crippen LogP contribution in [0, 0.1) is 0 Å². The van der Waals surface area contributed by atoms with Crippen LogP contribution in [0.1, 0.15) is 41.0 Å². The standard InChI is InChI=1S/C20H20N2O4S/c1-4-12(2)26-15-7-5-6-13(10-15)18(23)22-20-21-16-9-8-14(19(24)25-3)11-17(16)27-20/h5-12H,4H2,1-3H3,(H,21,22,23)/t12-/m0/s1. The lowest BCUT2D eigenvalue weighted by atomic mass is 10.2. The summed E-state index contributed by atoms with van der Waals surface area (Å²) >= 11 is 1.30. The van der Waals surface area contributed by atoms with Crippen molar-refractivity contribution in [3.63, 3.8) is 0 Å². The molecular weight excluding hydrogens is 364 g/mol. The highest BCUT2D eigenvalue weighted by Gasteiger charge is 2.13. The van der Waals surface area contributed by atoms with Crippen LogP contribution in [-0.4, -0.2) is 30.1 Å². The first-order valence-electron chi connectivity index (χ1n) is 8.57. The van der Waals surface area contributed by atoms with Gasteiger partial charge in [0.1, 0.15) is 5.75 Å². The number of fused-ring (bicyclic) bond motifs is 1. The van der Waals surface area contributed by atoms with Crippen LogP contribution in [0.2, 0.25) is 0 Å². The molecule has 140 valence electrons. The van der Waals surface area contributed by atoms with Crippen molar-refractivity contribution in [1.82, 2.24) is 4.98 Å². The van der Waals surface area contributed by atoms with E-state index in [0.717, 1.165) is 11.1 Å². The molecule has 0 saturated carbocycles. The number of nitrogens with zero attached hydrogens (tertiary/aromatic N) is 1. The minimum Gasteiger partial charge on any atom is -0.491 e. The molecule has 1 N–H and O–H groups in total. The van der Waals surface area contributed by atoms with Gasteiger partial charge in [0.05, 0.1) is 29.0 Å². The molecule has 1 heterocycles. The van der Waals surface area contributed by atoms with Gasteiger partial charge in [0.2, 0.25) is 0 Å². The zero-order valence-corrected chi connectivity index (χ0v) is 16.1. The third kappa shape index (κ3) is 4.43. The van der Waals surface area contributed by atoms with E-state index < -0.39 is 5.97 Å². The van der Waals surface area contributed by atoms with Crippen molar-refractivity contribution in [1.29, 1.82) is 0 Å². The van der Waals surface area contributed by atoms with Crippen molar-refractivity contribution in [2.24, 2.45) is 0 Å². The molecule has 1 aromatic heterocycles. The van der Waals surface area contributed by atoms with Gasteiger partial charge in [0, 0.05) is 5.56 Å². The van der Waals surface area contributed by atoms with Crippen molar-refractivity contribution >= 4 is 38.6 Å². The summed E-state index contributed by atoms with van der Waals surface area (Å²) in [4.78, 5) is 28.6. The van der Waals surface area contributed by atoms with E-state index in [-0.39, 0.29) is 12.0 Å². The van der Waals surface area contributed by atoms with Gasteiger partial charge in [-0.1, -0.05) is 24.3 Å². The highest BCUT2D eigenvalue weighted by Crippen LogP contribution is 2.27. The van der Waals surface area contributed by atoms with Crippen LogP contribution in [0.25, 0.3) is 10.2 Å². The number of hydrogen-bond donors (Lipinski definition) is 1. The molecule has 3 rings (SSSR count). The second kappa shape index (κ2) is 8.18. The summed E-state index contributed by atoms with van der Waals surface area (Å²) in [6.45, 7) is 4.02. The van der Waals surface area contributed by atoms with Crippen LogP contribution in [0.3, 0.4) is 0 Å². The molecule has 0 spiro atoms. The van der Waals surface area contributed by atoms with E-state index in [1.165, 1.54) is 18.4 Å². The van der Waals surface area contributed by atoms with Gasteiger partial charge >= 0.3 is 5.97 Å². The molecule has 0 aliphatic carbocycles. The maximum Gasteiger partial charge on any atom is 0.337 e. The fraction of sp³-hybridized carbons (Fsp3) is 0.250. The number of nitrogens with one attached hydrogen (secondary N) is 1. The SMILES string of the molecule is CC[C@H](C)Oc1cccc(C(=O)Nc2nc3ccc(C(=O)OC)cc3s2)c1. The van der Waals surface area contributed by atoms with Crippen LogP contribution >= 0.6 is 11.3 Å². The van der Waals surface area contributed by atoms with E-state index in [2.05, 4.69) is 10.3 Å². The molecule has 1 amide bonds. The highest BCUT2D eigenvalue weighted by atomic mass is 32.1. The largest absolute Gasteiger partial charge is 0.491 e. The van der Waals surface area contributed by atoms with Crippen molar-refractivity contribution < 1.29 is 19.1 Å². The number of hydrogen-bond acceptors (Lipinski definition) is 6. The fourth-order valence-electron chi connectivity index (χ4n) is 2.42. The van der Waals surface area contributed by atoms with Crippen LogP contribution < -0.4 is 10.1 Å². The first-order chi connectivity index (χ1) is 13.0. The van der Waals surface area contributed by atoms with Gasteiger partial charge in [0.15, 0.2) is 5.13 Å². The average molecular weight is 384 g/mol. The molecule has 0 radical (unpaired) electrons. The Labute approximate surface area is 161 Å². The molecule has 0 saturated heterocycles. The van der Waals surface area contributed by atoms with Crippen LogP contribution in [-0.2, 0) is 4.74 Å². The van der Waals surface area contributed by atoms with E-state index in [4.69, 9.17) is 9.47 Å². The molecule has 0 aliphatic rings. The lowest BCUT2D eigenvalue weighted by molar-refractivity contribution is 0.0601. The highest BCUT2D eigenvalue weighted by molar-refractivity contribution is 7.22. The summed E-state index contributed by atoms with van der Waals surface area (Å²) in [6, 6.07) is 12.1. The monoisotopic (exact) mass is 384 g/mol. The number of thiazole rings is 1. The Hall–Kier alpha value is -2.93. The van der Waals surface area contributed by atoms with Crippen molar-refractivity contribution in [2.75, 3.05) is 12.4 Å². The number of esters is 1. The summed E-state index contributed by atoms with van der Waals surface area (Å²) in [5.74, 6) is -0.0186. The molecule has 0 aliphatic heterocycles. The number of amides is 1. The number of methoxy groups -OCH3 is 1. The number of benzene rings is 2. The molecule has 1 atom stereocenters. The van der Waals surface area contributed by atoms with Crippen molar-refractivity contribution in [3.8, 4) is 5.75 Å². The second-order valence-electron chi connectivity index (χ2n) is 6.01. The minimum atomic E-state index is -0.408. The van der Waals surface area contributed by atoms with Gasteiger partial charge in [-0.05, 0) is 49.7 Å². The summed E-state index contributed by atoms with van der Waals surface area (Å²) in [6.07, 6.45) is 0.965. The summed E-state index contributed by atoms with van der Waals surface area (Å²) in [5.41, 5.74) is 1.64. The fourth-order valence-corrected chi connectivity index (χ4v) is 3.32. The smallest absolute Gasteiger partial charge is 0.337 e. The molecule has 7 heteroatoms. The number of anilines is 1. The van der Waals surface area contributed by atoms with Crippen molar-refractivity contribution in [2.45, 2.75) is 26.4 Å². The maximum absolute atomic E-state index is 12.5. The Morgan fingerprint density at radius 2 is 2.00 bits per heavy atom. The Balaban J connectivity index is 1.77. The summed E-state index contributed by atoms with van der Waals surface area (Å²) in [5, 5.41) is 3.26. The van der Waals surface area contributed by atoms with Gasteiger partial charge in [-0.3, -0.25) is 10.1 Å². The maximum atomic E-state index is 12.5. The quantitative estimate of drug-likeness (QED) is 0.633. The number of rotatable bonds is 6. The Morgan fingerprint density at radius 1 is 1.19 bits per heavy atom. The van der Waals surface area contributed by atoms with E-state index in [1.54, 1.807) is 36.4 Å². The van der Waals surface area contributed by atoms with E-state index in [9.17, 15) is 9.59 Å². The van der Waals surface area contributed by atoms with E-state index >= 15 is 0 Å². The molecule has 0 bridgehead atoms. The lowest BCUT2D eigenvalue weighted by Gasteiger charge is -2.13. The molecule has 2 aromatic carbocycles. The zero-order chi connectivity index (χ0) is 19.4. The van der Waals surface area contributed by atoms with E-state index in [1.807, 2.05) is 19.9 Å². The Morgan fingerprint density at radius 3 is 2.74 bits per heavy atom. The van der Waals surface area contributed by atoms with Gasteiger partial charge < -0.3 is 9.47 Å². The van der Waals surface area contributed by atoms with Gasteiger partial charge in [-0.2, -0.15) is 0 Å². The second-order valence-corrected chi connectivity index (χ2v) is 7.04. The summed E-state index contributed by atoms with van der Waals surface area (Å²) in [7, 11) is 1.34. The number of carbonyl (C=O) groups excluding carboxylic acids is 2. The number of ether oxygens (including phenoxy) is 2.